The molecule has 3 heterocycles. The number of halogens is 2. The van der Waals surface area contributed by atoms with Gasteiger partial charge in [0.05, 0.1) is 29.3 Å². The predicted octanol–water partition coefficient (Wildman–Crippen LogP) is 2.96. The van der Waals surface area contributed by atoms with E-state index in [9.17, 15) is 9.18 Å². The third-order valence-corrected chi connectivity index (χ3v) is 7.62. The average molecular weight is 532 g/mol. The van der Waals surface area contributed by atoms with Crippen LogP contribution in [0.5, 0.6) is 5.88 Å². The number of ether oxygens (including phenoxy) is 2. The SMILES string of the molecule is COC[C@]12C[C@H]1[C@](C)(c1cc(NC(=O)c3cnc(OCc4nc(C)no4)cn3)cc(F)c1F)N=C(N)S2. The first-order valence-corrected chi connectivity index (χ1v) is 12.0. The van der Waals surface area contributed by atoms with Gasteiger partial charge in [0.25, 0.3) is 11.8 Å². The van der Waals surface area contributed by atoms with Crippen LogP contribution in [0.15, 0.2) is 34.0 Å². The zero-order valence-electron chi connectivity index (χ0n) is 20.1. The number of thioether (sulfide) groups is 1. The number of methoxy groups -OCH3 is 1. The summed E-state index contributed by atoms with van der Waals surface area (Å²) in [4.78, 5) is 29.3. The van der Waals surface area contributed by atoms with E-state index in [2.05, 4.69) is 30.4 Å². The fraction of sp³-hybridized carbons (Fsp3) is 0.391. The Balaban J connectivity index is 1.33. The van der Waals surface area contributed by atoms with Crippen LogP contribution >= 0.6 is 11.8 Å². The van der Waals surface area contributed by atoms with Crippen molar-refractivity contribution in [1.82, 2.24) is 20.1 Å². The number of rotatable bonds is 8. The molecule has 1 aromatic carbocycles. The van der Waals surface area contributed by atoms with Crippen molar-refractivity contribution in [3.05, 3.63) is 59.1 Å². The first kappa shape index (κ1) is 25.0. The van der Waals surface area contributed by atoms with E-state index >= 15 is 4.39 Å². The van der Waals surface area contributed by atoms with Gasteiger partial charge in [-0.3, -0.25) is 9.79 Å². The zero-order chi connectivity index (χ0) is 26.4. The van der Waals surface area contributed by atoms with E-state index in [0.717, 1.165) is 6.07 Å². The maximum absolute atomic E-state index is 15.1. The quantitative estimate of drug-likeness (QED) is 0.444. The molecule has 5 rings (SSSR count). The number of nitrogens with two attached hydrogens (primary N) is 1. The summed E-state index contributed by atoms with van der Waals surface area (Å²) in [5.74, 6) is -2.09. The standard InChI is InChI=1S/C23H23F2N7O4S/c1-11-29-18(36-32-11)9-35-17-8-27-15(7-28-17)20(33)30-12-4-13(19(25)14(24)5-12)22(2)16-6-23(16,10-34-3)37-21(26)31-22/h4-5,7-8,16H,6,9-10H2,1-3H3,(H2,26,31)(H,30,33)/t16-,22-,23+/m0/s1. The molecule has 0 spiro atoms. The van der Waals surface area contributed by atoms with Gasteiger partial charge in [-0.25, -0.2) is 18.7 Å². The van der Waals surface area contributed by atoms with E-state index in [-0.39, 0.29) is 51.2 Å². The highest BCUT2D eigenvalue weighted by atomic mass is 32.2. The number of amidine groups is 1. The molecule has 0 unspecified atom stereocenters. The van der Waals surface area contributed by atoms with E-state index < -0.39 is 23.1 Å². The van der Waals surface area contributed by atoms with Crippen molar-refractivity contribution in [1.29, 1.82) is 0 Å². The Morgan fingerprint density at radius 3 is 2.81 bits per heavy atom. The molecule has 0 radical (unpaired) electrons. The van der Waals surface area contributed by atoms with Crippen molar-refractivity contribution in [2.45, 2.75) is 37.2 Å². The second-order valence-corrected chi connectivity index (χ2v) is 10.4. The number of carbonyl (C=O) groups excluding carboxylic acids is 1. The number of nitrogens with zero attached hydrogens (tertiary/aromatic N) is 5. The van der Waals surface area contributed by atoms with Crippen LogP contribution in [0, 0.1) is 24.5 Å². The second-order valence-electron chi connectivity index (χ2n) is 8.99. The highest BCUT2D eigenvalue weighted by Crippen LogP contribution is 2.66. The summed E-state index contributed by atoms with van der Waals surface area (Å²) in [6.45, 7) is 3.77. The highest BCUT2D eigenvalue weighted by molar-refractivity contribution is 8.15. The number of aromatic nitrogens is 4. The van der Waals surface area contributed by atoms with Gasteiger partial charge in [-0.05, 0) is 26.3 Å². The number of benzene rings is 1. The molecule has 3 aromatic rings. The third-order valence-electron chi connectivity index (χ3n) is 6.35. The monoisotopic (exact) mass is 531 g/mol. The number of hydrogen-bond donors (Lipinski definition) is 2. The Morgan fingerprint density at radius 1 is 1.32 bits per heavy atom. The number of fused-ring (bicyclic) bond motifs is 1. The third kappa shape index (κ3) is 4.73. The molecule has 1 fully saturated rings. The molecule has 1 aliphatic heterocycles. The number of nitrogens with one attached hydrogen (secondary N) is 1. The lowest BCUT2D eigenvalue weighted by atomic mass is 9.85. The van der Waals surface area contributed by atoms with E-state index in [0.29, 0.717) is 18.9 Å². The lowest BCUT2D eigenvalue weighted by molar-refractivity contribution is 0.102. The van der Waals surface area contributed by atoms with Crippen molar-refractivity contribution in [2.24, 2.45) is 16.6 Å². The Hall–Kier alpha value is -3.65. The smallest absolute Gasteiger partial charge is 0.275 e. The molecule has 11 nitrogen and oxygen atoms in total. The molecule has 14 heteroatoms. The number of carbonyl (C=O) groups is 1. The zero-order valence-corrected chi connectivity index (χ0v) is 20.9. The van der Waals surface area contributed by atoms with Crippen molar-refractivity contribution >= 4 is 28.5 Å². The molecule has 37 heavy (non-hydrogen) atoms. The van der Waals surface area contributed by atoms with Gasteiger partial charge in [-0.2, -0.15) is 4.98 Å². The van der Waals surface area contributed by atoms with E-state index in [1.165, 1.54) is 30.2 Å². The van der Waals surface area contributed by atoms with Crippen LogP contribution in [0.25, 0.3) is 0 Å². The van der Waals surface area contributed by atoms with Crippen LogP contribution < -0.4 is 15.8 Å². The van der Waals surface area contributed by atoms with Crippen molar-refractivity contribution < 1.29 is 27.6 Å². The lowest BCUT2D eigenvalue weighted by Crippen LogP contribution is -2.38. The maximum Gasteiger partial charge on any atom is 0.275 e. The second kappa shape index (κ2) is 9.34. The van der Waals surface area contributed by atoms with Crippen LogP contribution in [-0.2, 0) is 16.9 Å². The number of aliphatic imine (C=N–C) groups is 1. The first-order chi connectivity index (χ1) is 17.6. The normalized spacial score (nSPS) is 24.2. The summed E-state index contributed by atoms with van der Waals surface area (Å²) >= 11 is 1.39. The van der Waals surface area contributed by atoms with Gasteiger partial charge in [0.15, 0.2) is 29.2 Å². The molecule has 0 bridgehead atoms. The molecular formula is C23H23F2N7O4S. The van der Waals surface area contributed by atoms with Crippen LogP contribution in [-0.4, -0.2) is 49.6 Å². The van der Waals surface area contributed by atoms with Gasteiger partial charge >= 0.3 is 0 Å². The summed E-state index contributed by atoms with van der Waals surface area (Å²) in [5.41, 5.74) is 4.92. The van der Waals surface area contributed by atoms with Gasteiger partial charge in [-0.15, -0.1) is 0 Å². The van der Waals surface area contributed by atoms with Gasteiger partial charge in [0.2, 0.25) is 5.88 Å². The predicted molar refractivity (Wildman–Crippen MR) is 129 cm³/mol. The largest absolute Gasteiger partial charge is 0.466 e. The summed E-state index contributed by atoms with van der Waals surface area (Å²) in [6.07, 6.45) is 3.12. The minimum Gasteiger partial charge on any atom is -0.466 e. The lowest BCUT2D eigenvalue weighted by Gasteiger charge is -2.34. The first-order valence-electron chi connectivity index (χ1n) is 11.2. The number of hydrogen-bond acceptors (Lipinski definition) is 11. The summed E-state index contributed by atoms with van der Waals surface area (Å²) in [6, 6.07) is 2.27. The number of aryl methyl sites for hydroxylation is 1. The van der Waals surface area contributed by atoms with Crippen molar-refractivity contribution in [3.63, 3.8) is 0 Å². The average Bonchev–Trinajstić information content (AvgIpc) is 3.42. The van der Waals surface area contributed by atoms with Gasteiger partial charge < -0.3 is 25.0 Å². The topological polar surface area (TPSA) is 151 Å². The van der Waals surface area contributed by atoms with Crippen LogP contribution in [0.1, 0.15) is 41.1 Å². The maximum atomic E-state index is 15.1. The molecule has 2 aromatic heterocycles. The Morgan fingerprint density at radius 2 is 2.14 bits per heavy atom. The highest BCUT2D eigenvalue weighted by Gasteiger charge is 2.66. The minimum absolute atomic E-state index is 0.000113. The Bertz CT molecular complexity index is 1390. The van der Waals surface area contributed by atoms with Gasteiger partial charge in [0, 0.05) is 30.3 Å². The number of amides is 1. The van der Waals surface area contributed by atoms with Crippen molar-refractivity contribution in [3.8, 4) is 5.88 Å². The fourth-order valence-corrected chi connectivity index (χ4v) is 6.05. The van der Waals surface area contributed by atoms with E-state index in [1.807, 2.05) is 0 Å². The molecule has 194 valence electrons. The Kier molecular flexibility index (Phi) is 6.31. The summed E-state index contributed by atoms with van der Waals surface area (Å²) in [7, 11) is 1.58. The fourth-order valence-electron chi connectivity index (χ4n) is 4.60. The van der Waals surface area contributed by atoms with Crippen LogP contribution in [0.3, 0.4) is 0 Å². The number of anilines is 1. The molecule has 1 amide bonds. The molecule has 3 atom stereocenters. The summed E-state index contributed by atoms with van der Waals surface area (Å²) in [5, 5.41) is 6.47. The minimum atomic E-state index is -1.13. The van der Waals surface area contributed by atoms with Gasteiger partial charge in [-0.1, -0.05) is 16.9 Å². The molecule has 0 saturated heterocycles. The molecule has 2 aliphatic rings. The Labute approximate surface area is 214 Å². The van der Waals surface area contributed by atoms with Crippen LogP contribution in [0.2, 0.25) is 0 Å². The molecule has 1 aliphatic carbocycles. The molecular weight excluding hydrogens is 508 g/mol. The van der Waals surface area contributed by atoms with Crippen LogP contribution in [0.4, 0.5) is 14.5 Å². The molecule has 1 saturated carbocycles. The van der Waals surface area contributed by atoms with E-state index in [4.69, 9.17) is 19.7 Å². The summed E-state index contributed by atoms with van der Waals surface area (Å²) < 4.78 is 45.1. The van der Waals surface area contributed by atoms with Gasteiger partial charge in [0.1, 0.15) is 5.69 Å². The molecule has 3 N–H and O–H groups in total. The van der Waals surface area contributed by atoms with E-state index in [1.54, 1.807) is 21.0 Å². The van der Waals surface area contributed by atoms with Crippen molar-refractivity contribution in [2.75, 3.05) is 19.0 Å².